The number of nitrogens with zero attached hydrogens (tertiary/aromatic N) is 3. The third-order valence-electron chi connectivity index (χ3n) is 5.73. The summed E-state index contributed by atoms with van der Waals surface area (Å²) in [5.41, 5.74) is -2.03. The minimum absolute atomic E-state index is 0.0119. The third-order valence-corrected chi connectivity index (χ3v) is 5.73. The number of pyridine rings is 1. The van der Waals surface area contributed by atoms with Crippen molar-refractivity contribution in [3.8, 4) is 0 Å². The fourth-order valence-electron chi connectivity index (χ4n) is 3.75. The molecule has 0 aliphatic carbocycles. The molecule has 3 N–H and O–H groups in total. The Balaban J connectivity index is 1.38. The van der Waals surface area contributed by atoms with Crippen molar-refractivity contribution < 1.29 is 31.9 Å². The van der Waals surface area contributed by atoms with Gasteiger partial charge >= 0.3 is 6.18 Å². The number of amides is 2. The first-order valence-corrected chi connectivity index (χ1v) is 11.0. The van der Waals surface area contributed by atoms with Crippen LogP contribution in [0.5, 0.6) is 0 Å². The smallest absolute Gasteiger partial charge is 0.378 e. The van der Waals surface area contributed by atoms with Crippen LogP contribution in [0.3, 0.4) is 0 Å². The number of nitrogens with one attached hydrogen (secondary N) is 3. The molecule has 2 atom stereocenters. The van der Waals surface area contributed by atoms with Crippen molar-refractivity contribution in [1.29, 1.82) is 0 Å². The van der Waals surface area contributed by atoms with Crippen LogP contribution in [-0.2, 0) is 27.0 Å². The molecular weight excluding hydrogens is 484 g/mol. The third kappa shape index (κ3) is 5.85. The lowest BCUT2D eigenvalue weighted by Gasteiger charge is -2.29. The predicted molar refractivity (Wildman–Crippen MR) is 122 cm³/mol. The number of anilines is 2. The summed E-state index contributed by atoms with van der Waals surface area (Å²) in [6.07, 6.45) is 0.158. The molecule has 3 heterocycles. The summed E-state index contributed by atoms with van der Waals surface area (Å²) in [7, 11) is 0. The van der Waals surface area contributed by atoms with Crippen LogP contribution in [0.25, 0.3) is 0 Å². The number of benzene rings is 1. The second kappa shape index (κ2) is 10.4. The lowest BCUT2D eigenvalue weighted by molar-refractivity contribution is -0.137. The Morgan fingerprint density at radius 1 is 1.17 bits per heavy atom. The first-order valence-electron chi connectivity index (χ1n) is 11.0. The first kappa shape index (κ1) is 25.2. The van der Waals surface area contributed by atoms with E-state index in [0.29, 0.717) is 24.8 Å². The molecule has 4 rings (SSSR count). The summed E-state index contributed by atoms with van der Waals surface area (Å²) in [4.78, 5) is 29.8. The fraction of sp³-hybridized carbons (Fsp3) is 0.348. The van der Waals surface area contributed by atoms with E-state index in [1.807, 2.05) is 0 Å². The molecule has 9 nitrogen and oxygen atoms in total. The Kier molecular flexibility index (Phi) is 7.29. The molecule has 1 fully saturated rings. The van der Waals surface area contributed by atoms with E-state index >= 15 is 0 Å². The second-order valence-corrected chi connectivity index (χ2v) is 8.31. The van der Waals surface area contributed by atoms with E-state index in [0.717, 1.165) is 12.1 Å². The van der Waals surface area contributed by atoms with Gasteiger partial charge in [-0.1, -0.05) is 0 Å². The molecule has 0 saturated carbocycles. The topological polar surface area (TPSA) is 117 Å². The maximum atomic E-state index is 13.3. The number of aromatic nitrogens is 1. The van der Waals surface area contributed by atoms with Crippen LogP contribution in [0.1, 0.15) is 24.1 Å². The largest absolute Gasteiger partial charge is 0.418 e. The number of halogens is 4. The highest BCUT2D eigenvalue weighted by Crippen LogP contribution is 2.36. The van der Waals surface area contributed by atoms with Crippen molar-refractivity contribution in [3.05, 3.63) is 53.6 Å². The molecule has 13 heteroatoms. The van der Waals surface area contributed by atoms with Gasteiger partial charge < -0.3 is 20.7 Å². The van der Waals surface area contributed by atoms with E-state index in [2.05, 4.69) is 31.1 Å². The maximum absolute atomic E-state index is 13.3. The van der Waals surface area contributed by atoms with E-state index in [1.54, 1.807) is 0 Å². The zero-order valence-electron chi connectivity index (χ0n) is 18.8. The first-order chi connectivity index (χ1) is 17.2. The van der Waals surface area contributed by atoms with Crippen LogP contribution in [-0.4, -0.2) is 48.0 Å². The molecule has 2 aliphatic rings. The van der Waals surface area contributed by atoms with Crippen molar-refractivity contribution in [2.75, 3.05) is 18.5 Å². The van der Waals surface area contributed by atoms with Gasteiger partial charge in [-0.05, 0) is 30.3 Å². The molecule has 36 heavy (non-hydrogen) atoms. The minimum Gasteiger partial charge on any atom is -0.378 e. The van der Waals surface area contributed by atoms with Crippen LogP contribution in [0.15, 0.2) is 46.7 Å². The predicted octanol–water partition coefficient (Wildman–Crippen LogP) is 2.95. The van der Waals surface area contributed by atoms with Gasteiger partial charge in [0.2, 0.25) is 11.8 Å². The van der Waals surface area contributed by atoms with Crippen molar-refractivity contribution in [2.24, 2.45) is 16.1 Å². The van der Waals surface area contributed by atoms with Crippen molar-refractivity contribution >= 4 is 35.6 Å². The van der Waals surface area contributed by atoms with Gasteiger partial charge in [0, 0.05) is 31.9 Å². The van der Waals surface area contributed by atoms with Crippen molar-refractivity contribution in [1.82, 2.24) is 15.6 Å². The average Bonchev–Trinajstić information content (AvgIpc) is 3.34. The number of carbonyl (C=O) groups is 2. The second-order valence-electron chi connectivity index (χ2n) is 8.31. The Labute approximate surface area is 203 Å². The molecule has 2 aliphatic heterocycles. The van der Waals surface area contributed by atoms with Crippen LogP contribution >= 0.6 is 0 Å². The van der Waals surface area contributed by atoms with E-state index in [1.165, 1.54) is 30.8 Å². The van der Waals surface area contributed by atoms with Gasteiger partial charge in [0.05, 0.1) is 47.9 Å². The monoisotopic (exact) mass is 506 g/mol. The lowest BCUT2D eigenvalue weighted by atomic mass is 9.95. The highest BCUT2D eigenvalue weighted by atomic mass is 19.4. The Morgan fingerprint density at radius 3 is 2.64 bits per heavy atom. The number of rotatable bonds is 7. The van der Waals surface area contributed by atoms with Crippen molar-refractivity contribution in [2.45, 2.75) is 31.1 Å². The normalized spacial score (nSPS) is 21.3. The number of hydrogen-bond acceptors (Lipinski definition) is 7. The SMILES string of the molecule is O=C(NC1(C(=O)NCc2ccc(Nc3ccc(F)cc3C(F)(F)F)cn2)CCOC1)C1C=NN=CC1. The van der Waals surface area contributed by atoms with Crippen LogP contribution in [0, 0.1) is 11.7 Å². The highest BCUT2D eigenvalue weighted by Gasteiger charge is 2.44. The maximum Gasteiger partial charge on any atom is 0.418 e. The van der Waals surface area contributed by atoms with E-state index in [4.69, 9.17) is 4.74 Å². The van der Waals surface area contributed by atoms with Crippen LogP contribution in [0.4, 0.5) is 28.9 Å². The summed E-state index contributed by atoms with van der Waals surface area (Å²) in [6, 6.07) is 5.34. The summed E-state index contributed by atoms with van der Waals surface area (Å²) in [5, 5.41) is 15.5. The average molecular weight is 506 g/mol. The van der Waals surface area contributed by atoms with Gasteiger partial charge in [0.25, 0.3) is 0 Å². The molecule has 190 valence electrons. The molecular formula is C23H22F4N6O3. The highest BCUT2D eigenvalue weighted by molar-refractivity contribution is 6.00. The van der Waals surface area contributed by atoms with Gasteiger partial charge in [-0.2, -0.15) is 23.4 Å². The summed E-state index contributed by atoms with van der Waals surface area (Å²) in [5.74, 6) is -2.34. The summed E-state index contributed by atoms with van der Waals surface area (Å²) in [6.45, 7) is 0.326. The standard InChI is InChI=1S/C23H22F4N6O3/c24-15-1-4-19(18(9-15)23(25,26)27)32-17-3-2-16(28-12-17)11-29-21(35)22(6-8-36-13-22)33-20(34)14-5-7-30-31-10-14/h1-4,7,9-10,12,14,32H,5-6,8,11,13H2,(H,29,35)(H,33,34). The molecule has 1 aromatic carbocycles. The molecule has 0 bridgehead atoms. The minimum atomic E-state index is -4.74. The quantitative estimate of drug-likeness (QED) is 0.500. The summed E-state index contributed by atoms with van der Waals surface area (Å²) < 4.78 is 58.3. The fourth-order valence-corrected chi connectivity index (χ4v) is 3.75. The lowest BCUT2D eigenvalue weighted by Crippen LogP contribution is -2.60. The Morgan fingerprint density at radius 2 is 2.00 bits per heavy atom. The van der Waals surface area contributed by atoms with E-state index < -0.39 is 34.9 Å². The number of alkyl halides is 3. The number of ether oxygens (including phenoxy) is 1. The Bertz CT molecular complexity index is 1180. The van der Waals surface area contributed by atoms with Gasteiger partial charge in [-0.3, -0.25) is 14.6 Å². The van der Waals surface area contributed by atoms with E-state index in [-0.39, 0.29) is 36.9 Å². The van der Waals surface area contributed by atoms with Gasteiger partial charge in [-0.25, -0.2) is 4.39 Å². The van der Waals surface area contributed by atoms with Crippen molar-refractivity contribution in [3.63, 3.8) is 0 Å². The molecule has 0 spiro atoms. The molecule has 2 aromatic rings. The molecule has 2 amide bonds. The van der Waals surface area contributed by atoms with Gasteiger partial charge in [-0.15, -0.1) is 0 Å². The zero-order valence-corrected chi connectivity index (χ0v) is 18.8. The number of carbonyl (C=O) groups excluding carboxylic acids is 2. The van der Waals surface area contributed by atoms with Gasteiger partial charge in [0.15, 0.2) is 0 Å². The van der Waals surface area contributed by atoms with E-state index in [9.17, 15) is 27.2 Å². The molecule has 2 unspecified atom stereocenters. The zero-order chi connectivity index (χ0) is 25.8. The molecule has 1 aromatic heterocycles. The number of hydrogen-bond donors (Lipinski definition) is 3. The van der Waals surface area contributed by atoms with Gasteiger partial charge in [0.1, 0.15) is 11.4 Å². The summed E-state index contributed by atoms with van der Waals surface area (Å²) >= 11 is 0. The van der Waals surface area contributed by atoms with Crippen LogP contribution in [0.2, 0.25) is 0 Å². The Hall–Kier alpha value is -3.87. The van der Waals surface area contributed by atoms with Crippen LogP contribution < -0.4 is 16.0 Å². The molecule has 1 saturated heterocycles. The molecule has 0 radical (unpaired) electrons.